The average molecular weight is 342 g/mol. The van der Waals surface area contributed by atoms with Gasteiger partial charge in [0.05, 0.1) is 6.54 Å². The van der Waals surface area contributed by atoms with E-state index in [0.29, 0.717) is 19.1 Å². The third-order valence-corrected chi connectivity index (χ3v) is 3.67. The van der Waals surface area contributed by atoms with Crippen molar-refractivity contribution in [3.8, 4) is 0 Å². The Labute approximate surface area is 130 Å². The number of hydrogen-bond acceptors (Lipinski definition) is 3. The smallest absolute Gasteiger partial charge is 0.239 e. The van der Waals surface area contributed by atoms with Crippen molar-refractivity contribution in [1.29, 1.82) is 0 Å². The maximum Gasteiger partial charge on any atom is 0.239 e. The molecular formula is C15H24BrN3O. The fourth-order valence-electron chi connectivity index (χ4n) is 1.79. The van der Waals surface area contributed by atoms with Gasteiger partial charge in [-0.25, -0.2) is 0 Å². The minimum Gasteiger partial charge on any atom is -0.365 e. The highest BCUT2D eigenvalue weighted by molar-refractivity contribution is 9.10. The van der Waals surface area contributed by atoms with Crippen LogP contribution >= 0.6 is 15.9 Å². The van der Waals surface area contributed by atoms with Gasteiger partial charge in [0.2, 0.25) is 5.91 Å². The van der Waals surface area contributed by atoms with E-state index >= 15 is 0 Å². The largest absolute Gasteiger partial charge is 0.365 e. The molecule has 0 aliphatic heterocycles. The zero-order valence-corrected chi connectivity index (χ0v) is 14.3. The summed E-state index contributed by atoms with van der Waals surface area (Å²) < 4.78 is 1.06. The van der Waals surface area contributed by atoms with Crippen molar-refractivity contribution in [1.82, 2.24) is 10.6 Å². The van der Waals surface area contributed by atoms with E-state index in [2.05, 4.69) is 52.5 Å². The first-order chi connectivity index (χ1) is 9.43. The molecule has 0 radical (unpaired) electrons. The predicted molar refractivity (Wildman–Crippen MR) is 88.1 cm³/mol. The molecular weight excluding hydrogens is 318 g/mol. The Morgan fingerprint density at radius 2 is 2.10 bits per heavy atom. The Balaban J connectivity index is 2.68. The molecule has 1 rings (SSSR count). The number of likely N-dealkylation sites (N-methyl/N-ethyl adjacent to an activating group) is 2. The summed E-state index contributed by atoms with van der Waals surface area (Å²) in [5.74, 6) is 0.0386. The van der Waals surface area contributed by atoms with Gasteiger partial charge in [0.25, 0.3) is 0 Å². The molecule has 0 heterocycles. The summed E-state index contributed by atoms with van der Waals surface area (Å²) in [4.78, 5) is 13.5. The van der Waals surface area contributed by atoms with Gasteiger partial charge in [-0.3, -0.25) is 4.79 Å². The van der Waals surface area contributed by atoms with Crippen LogP contribution in [-0.4, -0.2) is 32.1 Å². The molecule has 4 nitrogen and oxygen atoms in total. The van der Waals surface area contributed by atoms with Crippen LogP contribution in [0.3, 0.4) is 0 Å². The van der Waals surface area contributed by atoms with E-state index < -0.39 is 0 Å². The van der Waals surface area contributed by atoms with Crippen LogP contribution in [0.4, 0.5) is 5.69 Å². The number of carbonyl (C=O) groups is 1. The second kappa shape index (κ2) is 8.27. The highest BCUT2D eigenvalue weighted by Crippen LogP contribution is 2.23. The van der Waals surface area contributed by atoms with E-state index in [0.717, 1.165) is 16.7 Å². The van der Waals surface area contributed by atoms with Gasteiger partial charge >= 0.3 is 0 Å². The van der Waals surface area contributed by atoms with Crippen LogP contribution in [0.15, 0.2) is 22.7 Å². The normalized spacial score (nSPS) is 10.7. The van der Waals surface area contributed by atoms with Crippen LogP contribution in [0.1, 0.15) is 26.3 Å². The molecule has 20 heavy (non-hydrogen) atoms. The summed E-state index contributed by atoms with van der Waals surface area (Å²) in [6.07, 6.45) is 0. The second-order valence-electron chi connectivity index (χ2n) is 5.12. The van der Waals surface area contributed by atoms with E-state index in [1.807, 2.05) is 24.9 Å². The van der Waals surface area contributed by atoms with E-state index in [1.165, 1.54) is 5.56 Å². The highest BCUT2D eigenvalue weighted by Gasteiger charge is 2.09. The molecule has 0 spiro atoms. The van der Waals surface area contributed by atoms with E-state index in [1.54, 1.807) is 0 Å². The van der Waals surface area contributed by atoms with Gasteiger partial charge < -0.3 is 15.5 Å². The summed E-state index contributed by atoms with van der Waals surface area (Å²) in [6, 6.07) is 6.64. The van der Waals surface area contributed by atoms with Crippen molar-refractivity contribution in [2.24, 2.45) is 0 Å². The molecule has 0 aliphatic carbocycles. The SMILES string of the molecule is CCNC(=O)CN(C)c1ccc(CNC(C)C)c(Br)c1. The lowest BCUT2D eigenvalue weighted by Gasteiger charge is -2.20. The van der Waals surface area contributed by atoms with Crippen molar-refractivity contribution in [2.45, 2.75) is 33.4 Å². The van der Waals surface area contributed by atoms with Gasteiger partial charge in [-0.05, 0) is 24.6 Å². The number of nitrogens with zero attached hydrogens (tertiary/aromatic N) is 1. The second-order valence-corrected chi connectivity index (χ2v) is 5.98. The van der Waals surface area contributed by atoms with Gasteiger partial charge in [-0.1, -0.05) is 35.8 Å². The molecule has 0 aromatic heterocycles. The fraction of sp³-hybridized carbons (Fsp3) is 0.533. The zero-order valence-electron chi connectivity index (χ0n) is 12.7. The monoisotopic (exact) mass is 341 g/mol. The lowest BCUT2D eigenvalue weighted by atomic mass is 10.2. The number of nitrogens with one attached hydrogen (secondary N) is 2. The predicted octanol–water partition coefficient (Wildman–Crippen LogP) is 2.52. The molecule has 0 unspecified atom stereocenters. The zero-order chi connectivity index (χ0) is 15.1. The van der Waals surface area contributed by atoms with E-state index in [4.69, 9.17) is 0 Å². The summed E-state index contributed by atoms with van der Waals surface area (Å²) in [6.45, 7) is 8.04. The number of benzene rings is 1. The first-order valence-corrected chi connectivity index (χ1v) is 7.73. The minimum absolute atomic E-state index is 0.0386. The molecule has 0 bridgehead atoms. The molecule has 1 aromatic rings. The molecule has 112 valence electrons. The fourth-order valence-corrected chi connectivity index (χ4v) is 2.30. The number of halogens is 1. The van der Waals surface area contributed by atoms with Crippen molar-refractivity contribution in [3.05, 3.63) is 28.2 Å². The summed E-state index contributed by atoms with van der Waals surface area (Å²) in [7, 11) is 1.92. The van der Waals surface area contributed by atoms with Crippen LogP contribution in [0.25, 0.3) is 0 Å². The van der Waals surface area contributed by atoms with Crippen molar-refractivity contribution >= 4 is 27.5 Å². The van der Waals surface area contributed by atoms with Crippen LogP contribution in [0, 0.1) is 0 Å². The number of rotatable bonds is 7. The lowest BCUT2D eigenvalue weighted by molar-refractivity contribution is -0.119. The number of carbonyl (C=O) groups excluding carboxylic acids is 1. The Hall–Kier alpha value is -1.07. The number of anilines is 1. The van der Waals surface area contributed by atoms with Crippen molar-refractivity contribution in [3.63, 3.8) is 0 Å². The summed E-state index contributed by atoms with van der Waals surface area (Å²) in [5.41, 5.74) is 2.24. The quantitative estimate of drug-likeness (QED) is 0.800. The molecule has 1 amide bonds. The highest BCUT2D eigenvalue weighted by atomic mass is 79.9. The third-order valence-electron chi connectivity index (χ3n) is 2.93. The molecule has 1 aromatic carbocycles. The number of hydrogen-bond donors (Lipinski definition) is 2. The average Bonchev–Trinajstić information content (AvgIpc) is 2.37. The van der Waals surface area contributed by atoms with Crippen LogP contribution in [0.2, 0.25) is 0 Å². The van der Waals surface area contributed by atoms with Gasteiger partial charge in [0.15, 0.2) is 0 Å². The molecule has 5 heteroatoms. The van der Waals surface area contributed by atoms with Crippen LogP contribution < -0.4 is 15.5 Å². The van der Waals surface area contributed by atoms with Crippen LogP contribution in [0.5, 0.6) is 0 Å². The van der Waals surface area contributed by atoms with Crippen molar-refractivity contribution in [2.75, 3.05) is 25.0 Å². The van der Waals surface area contributed by atoms with Gasteiger partial charge in [-0.15, -0.1) is 0 Å². The molecule has 0 saturated carbocycles. The molecule has 0 fully saturated rings. The van der Waals surface area contributed by atoms with Gasteiger partial charge in [-0.2, -0.15) is 0 Å². The molecule has 0 saturated heterocycles. The Bertz CT molecular complexity index is 449. The number of amides is 1. The molecule has 0 atom stereocenters. The Morgan fingerprint density at radius 1 is 1.40 bits per heavy atom. The van der Waals surface area contributed by atoms with E-state index in [9.17, 15) is 4.79 Å². The van der Waals surface area contributed by atoms with Crippen molar-refractivity contribution < 1.29 is 4.79 Å². The maximum atomic E-state index is 11.6. The summed E-state index contributed by atoms with van der Waals surface area (Å²) in [5, 5.41) is 6.20. The Morgan fingerprint density at radius 3 is 2.65 bits per heavy atom. The summed E-state index contributed by atoms with van der Waals surface area (Å²) >= 11 is 3.60. The standard InChI is InChI=1S/C15H24BrN3O/c1-5-17-15(20)10-19(4)13-7-6-12(14(16)8-13)9-18-11(2)3/h6-8,11,18H,5,9-10H2,1-4H3,(H,17,20). The molecule has 2 N–H and O–H groups in total. The first-order valence-electron chi connectivity index (χ1n) is 6.93. The first kappa shape index (κ1) is 17.0. The maximum absolute atomic E-state index is 11.6. The van der Waals surface area contributed by atoms with Gasteiger partial charge in [0.1, 0.15) is 0 Å². The van der Waals surface area contributed by atoms with Gasteiger partial charge in [0, 0.05) is 36.3 Å². The topological polar surface area (TPSA) is 44.4 Å². The third kappa shape index (κ3) is 5.51. The van der Waals surface area contributed by atoms with Crippen LogP contribution in [-0.2, 0) is 11.3 Å². The Kier molecular flexibility index (Phi) is 7.02. The van der Waals surface area contributed by atoms with E-state index in [-0.39, 0.29) is 5.91 Å². The minimum atomic E-state index is 0.0386. The molecule has 0 aliphatic rings. The lowest BCUT2D eigenvalue weighted by Crippen LogP contribution is -2.34.